The third-order valence-corrected chi connectivity index (χ3v) is 4.88. The molecule has 0 saturated carbocycles. The lowest BCUT2D eigenvalue weighted by Gasteiger charge is -2.17. The Morgan fingerprint density at radius 1 is 1.39 bits per heavy atom. The van der Waals surface area contributed by atoms with E-state index >= 15 is 0 Å². The largest absolute Gasteiger partial charge is 0.479 e. The van der Waals surface area contributed by atoms with Gasteiger partial charge in [0.15, 0.2) is 9.84 Å². The van der Waals surface area contributed by atoms with E-state index in [0.717, 1.165) is 13.0 Å². The molecule has 0 aliphatic heterocycles. The fourth-order valence-electron chi connectivity index (χ4n) is 1.36. The maximum absolute atomic E-state index is 13.9. The predicted octanol–water partition coefficient (Wildman–Crippen LogP) is 2.14. The molecule has 1 atom stereocenters. The second-order valence-corrected chi connectivity index (χ2v) is 6.93. The molecule has 1 unspecified atom stereocenters. The molecule has 0 heterocycles. The van der Waals surface area contributed by atoms with Crippen LogP contribution in [0.25, 0.3) is 0 Å². The lowest BCUT2D eigenvalue weighted by molar-refractivity contribution is -0.150. The summed E-state index contributed by atoms with van der Waals surface area (Å²) < 4.78 is 37.7. The van der Waals surface area contributed by atoms with Gasteiger partial charge in [-0.25, -0.2) is 17.6 Å². The number of carboxylic acid groups (broad SMARTS) is 1. The van der Waals surface area contributed by atoms with E-state index in [1.807, 2.05) is 0 Å². The van der Waals surface area contributed by atoms with Crippen LogP contribution >= 0.6 is 0 Å². The minimum absolute atomic E-state index is 0.0693. The molecular formula is C12H15FO4S. The molecule has 1 aromatic carbocycles. The van der Waals surface area contributed by atoms with Crippen molar-refractivity contribution in [3.63, 3.8) is 0 Å². The van der Waals surface area contributed by atoms with Crippen molar-refractivity contribution in [2.45, 2.75) is 36.6 Å². The minimum Gasteiger partial charge on any atom is -0.479 e. The zero-order valence-corrected chi connectivity index (χ0v) is 11.2. The summed E-state index contributed by atoms with van der Waals surface area (Å²) in [5, 5.41) is 8.12. The molecule has 0 amide bonds. The Hall–Kier alpha value is -1.43. The van der Waals surface area contributed by atoms with Crippen LogP contribution in [0.4, 0.5) is 4.39 Å². The van der Waals surface area contributed by atoms with E-state index in [-0.39, 0.29) is 10.5 Å². The Morgan fingerprint density at radius 2 is 1.94 bits per heavy atom. The first-order valence-electron chi connectivity index (χ1n) is 5.37. The van der Waals surface area contributed by atoms with E-state index in [2.05, 4.69) is 0 Å². The highest BCUT2D eigenvalue weighted by molar-refractivity contribution is 7.92. The third-order valence-electron chi connectivity index (χ3n) is 2.73. The van der Waals surface area contributed by atoms with Crippen LogP contribution in [0.3, 0.4) is 0 Å². The van der Waals surface area contributed by atoms with Crippen molar-refractivity contribution in [1.29, 1.82) is 0 Å². The van der Waals surface area contributed by atoms with Crippen molar-refractivity contribution in [1.82, 2.24) is 0 Å². The number of rotatable bonds is 4. The lowest BCUT2D eigenvalue weighted by atomic mass is 9.98. The van der Waals surface area contributed by atoms with Crippen LogP contribution in [0.5, 0.6) is 0 Å². The SMILES string of the molecule is CC(C)S(=O)(=O)c1cccc(C(C)(F)C(=O)O)c1. The Labute approximate surface area is 105 Å². The Bertz CT molecular complexity index is 561. The van der Waals surface area contributed by atoms with Gasteiger partial charge in [-0.05, 0) is 32.9 Å². The van der Waals surface area contributed by atoms with Gasteiger partial charge in [0, 0.05) is 5.56 Å². The summed E-state index contributed by atoms with van der Waals surface area (Å²) in [6.07, 6.45) is 0. The maximum Gasteiger partial charge on any atom is 0.345 e. The quantitative estimate of drug-likeness (QED) is 0.913. The van der Waals surface area contributed by atoms with Crippen LogP contribution in [0.2, 0.25) is 0 Å². The van der Waals surface area contributed by atoms with Gasteiger partial charge in [0.05, 0.1) is 10.1 Å². The molecule has 0 aromatic heterocycles. The number of alkyl halides is 1. The smallest absolute Gasteiger partial charge is 0.345 e. The monoisotopic (exact) mass is 274 g/mol. The van der Waals surface area contributed by atoms with Gasteiger partial charge in [-0.15, -0.1) is 0 Å². The van der Waals surface area contributed by atoms with Gasteiger partial charge in [-0.1, -0.05) is 12.1 Å². The van der Waals surface area contributed by atoms with Crippen molar-refractivity contribution < 1.29 is 22.7 Å². The number of halogens is 1. The van der Waals surface area contributed by atoms with E-state index in [4.69, 9.17) is 5.11 Å². The highest BCUT2D eigenvalue weighted by atomic mass is 32.2. The van der Waals surface area contributed by atoms with Crippen molar-refractivity contribution in [2.75, 3.05) is 0 Å². The fraction of sp³-hybridized carbons (Fsp3) is 0.417. The van der Waals surface area contributed by atoms with E-state index in [1.165, 1.54) is 32.0 Å². The standard InChI is InChI=1S/C12H15FO4S/c1-8(2)18(16,17)10-6-4-5-9(7-10)12(3,13)11(14)15/h4-8H,1-3H3,(H,14,15). The average Bonchev–Trinajstić information content (AvgIpc) is 2.28. The summed E-state index contributed by atoms with van der Waals surface area (Å²) in [7, 11) is -3.54. The molecule has 0 saturated heterocycles. The molecule has 4 nitrogen and oxygen atoms in total. The van der Waals surface area contributed by atoms with E-state index in [0.29, 0.717) is 0 Å². The first kappa shape index (κ1) is 14.6. The van der Waals surface area contributed by atoms with E-state index in [1.54, 1.807) is 0 Å². The Balaban J connectivity index is 3.36. The molecule has 1 rings (SSSR count). The van der Waals surface area contributed by atoms with Gasteiger partial charge >= 0.3 is 5.97 Å². The second kappa shape index (κ2) is 4.68. The van der Waals surface area contributed by atoms with Gasteiger partial charge in [-0.2, -0.15) is 0 Å². The summed E-state index contributed by atoms with van der Waals surface area (Å²) in [6.45, 7) is 3.90. The highest BCUT2D eigenvalue weighted by Crippen LogP contribution is 2.28. The molecule has 6 heteroatoms. The number of carbonyl (C=O) groups is 1. The van der Waals surface area contributed by atoms with Crippen molar-refractivity contribution >= 4 is 15.8 Å². The number of sulfone groups is 1. The summed E-state index contributed by atoms with van der Waals surface area (Å²) in [4.78, 5) is 10.7. The molecule has 18 heavy (non-hydrogen) atoms. The molecule has 0 aliphatic rings. The third kappa shape index (κ3) is 2.53. The van der Waals surface area contributed by atoms with E-state index in [9.17, 15) is 17.6 Å². The number of benzene rings is 1. The number of hydrogen-bond donors (Lipinski definition) is 1. The van der Waals surface area contributed by atoms with Gasteiger partial charge in [0.25, 0.3) is 0 Å². The molecule has 0 spiro atoms. The minimum atomic E-state index is -3.54. The van der Waals surface area contributed by atoms with Gasteiger partial charge < -0.3 is 5.11 Å². The highest BCUT2D eigenvalue weighted by Gasteiger charge is 2.36. The maximum atomic E-state index is 13.9. The lowest BCUT2D eigenvalue weighted by Crippen LogP contribution is -2.27. The van der Waals surface area contributed by atoms with Gasteiger partial charge in [-0.3, -0.25) is 0 Å². The zero-order valence-electron chi connectivity index (χ0n) is 10.3. The molecule has 0 bridgehead atoms. The number of aliphatic carboxylic acids is 1. The average molecular weight is 274 g/mol. The Kier molecular flexibility index (Phi) is 3.81. The van der Waals surface area contributed by atoms with Gasteiger partial charge in [0.1, 0.15) is 0 Å². The molecule has 0 aliphatic carbocycles. The van der Waals surface area contributed by atoms with Gasteiger partial charge in [0.2, 0.25) is 5.67 Å². The molecule has 1 aromatic rings. The first-order chi connectivity index (χ1) is 8.10. The molecular weight excluding hydrogens is 259 g/mol. The fourth-order valence-corrected chi connectivity index (χ4v) is 2.46. The van der Waals surface area contributed by atoms with Crippen molar-refractivity contribution in [3.05, 3.63) is 29.8 Å². The van der Waals surface area contributed by atoms with Crippen LogP contribution in [0.15, 0.2) is 29.2 Å². The summed E-state index contributed by atoms with van der Waals surface area (Å²) in [5.74, 6) is -1.65. The number of hydrogen-bond acceptors (Lipinski definition) is 3. The first-order valence-corrected chi connectivity index (χ1v) is 6.91. The number of carboxylic acids is 1. The Morgan fingerprint density at radius 3 is 2.39 bits per heavy atom. The molecule has 0 radical (unpaired) electrons. The topological polar surface area (TPSA) is 71.4 Å². The van der Waals surface area contributed by atoms with Crippen molar-refractivity contribution in [3.8, 4) is 0 Å². The molecule has 0 fully saturated rings. The predicted molar refractivity (Wildman–Crippen MR) is 64.9 cm³/mol. The van der Waals surface area contributed by atoms with Crippen LogP contribution in [-0.4, -0.2) is 24.7 Å². The summed E-state index contributed by atoms with van der Waals surface area (Å²) in [5.41, 5.74) is -2.79. The summed E-state index contributed by atoms with van der Waals surface area (Å²) in [6, 6.07) is 5.00. The molecule has 100 valence electrons. The van der Waals surface area contributed by atoms with Crippen LogP contribution in [-0.2, 0) is 20.3 Å². The molecule has 1 N–H and O–H groups in total. The zero-order chi connectivity index (χ0) is 14.1. The van der Waals surface area contributed by atoms with Crippen LogP contribution in [0.1, 0.15) is 26.3 Å². The second-order valence-electron chi connectivity index (χ2n) is 4.43. The van der Waals surface area contributed by atoms with Crippen LogP contribution in [0, 0.1) is 0 Å². The summed E-state index contributed by atoms with van der Waals surface area (Å²) >= 11 is 0. The van der Waals surface area contributed by atoms with Crippen molar-refractivity contribution in [2.24, 2.45) is 0 Å². The van der Waals surface area contributed by atoms with Crippen LogP contribution < -0.4 is 0 Å². The normalized spacial score (nSPS) is 15.4. The van der Waals surface area contributed by atoms with E-state index < -0.39 is 26.7 Å².